The van der Waals surface area contributed by atoms with Gasteiger partial charge in [0.15, 0.2) is 0 Å². The molecule has 0 aliphatic heterocycles. The summed E-state index contributed by atoms with van der Waals surface area (Å²) in [6, 6.07) is 7.00. The Labute approximate surface area is 76.3 Å². The molecule has 0 fully saturated rings. The number of rotatable bonds is 1. The fourth-order valence-corrected chi connectivity index (χ4v) is 1.28. The summed E-state index contributed by atoms with van der Waals surface area (Å²) < 4.78 is 1.11. The third-order valence-corrected chi connectivity index (χ3v) is 1.89. The van der Waals surface area contributed by atoms with Gasteiger partial charge < -0.3 is 0 Å². The summed E-state index contributed by atoms with van der Waals surface area (Å²) >= 11 is 0.905. The van der Waals surface area contributed by atoms with E-state index in [2.05, 4.69) is 0 Å². The summed E-state index contributed by atoms with van der Waals surface area (Å²) in [4.78, 5) is 10.4. The molecule has 0 bridgehead atoms. The van der Waals surface area contributed by atoms with Crippen LogP contribution in [0.2, 0.25) is 0 Å². The van der Waals surface area contributed by atoms with Crippen LogP contribution in [0.1, 0.15) is 10.4 Å². The molecule has 0 aromatic heterocycles. The van der Waals surface area contributed by atoms with E-state index in [9.17, 15) is 4.79 Å². The van der Waals surface area contributed by atoms with Crippen LogP contribution in [0.15, 0.2) is 24.3 Å². The van der Waals surface area contributed by atoms with E-state index < -0.39 is 5.97 Å². The molecule has 1 aromatic carbocycles. The first-order valence-electron chi connectivity index (χ1n) is 3.00. The number of benzene rings is 1. The van der Waals surface area contributed by atoms with Gasteiger partial charge in [-0.1, -0.05) is 0 Å². The second-order valence-corrected chi connectivity index (χ2v) is 3.33. The van der Waals surface area contributed by atoms with Crippen molar-refractivity contribution < 1.29 is 9.90 Å². The maximum atomic E-state index is 10.4. The Balaban J connectivity index is 3.07. The molecule has 2 nitrogen and oxygen atoms in total. The Hall–Kier alpha value is -0.310. The number of aromatic carboxylic acids is 1. The van der Waals surface area contributed by atoms with Crippen molar-refractivity contribution in [2.75, 3.05) is 0 Å². The summed E-state index contributed by atoms with van der Waals surface area (Å²) in [5, 5.41) is 8.52. The molecule has 1 rings (SSSR count). The van der Waals surface area contributed by atoms with Gasteiger partial charge in [0.05, 0.1) is 0 Å². The molecule has 1 N–H and O–H groups in total. The van der Waals surface area contributed by atoms with Gasteiger partial charge in [-0.15, -0.1) is 0 Å². The van der Waals surface area contributed by atoms with E-state index in [0.717, 1.165) is 30.7 Å². The molecule has 0 saturated heterocycles. The summed E-state index contributed by atoms with van der Waals surface area (Å²) in [5.74, 6) is -0.849. The molecule has 0 spiro atoms. The van der Waals surface area contributed by atoms with Crippen LogP contribution in [-0.4, -0.2) is 39.0 Å². The summed E-state index contributed by atoms with van der Waals surface area (Å²) in [5.41, 5.74) is 0.382. The Morgan fingerprint density at radius 3 is 2.60 bits per heavy atom. The number of carboxylic acids is 1. The van der Waals surface area contributed by atoms with Crippen LogP contribution in [0, 0.1) is 0 Å². The average molecular weight is 144 g/mol. The van der Waals surface area contributed by atoms with Crippen LogP contribution in [0.5, 0.6) is 0 Å². The van der Waals surface area contributed by atoms with Crippen molar-refractivity contribution >= 4 is 36.7 Å². The van der Waals surface area contributed by atoms with Gasteiger partial charge in [0.25, 0.3) is 0 Å². The Morgan fingerprint density at radius 1 is 1.50 bits per heavy atom. The molecular weight excluding hydrogens is 139 g/mol. The minimum atomic E-state index is -0.849. The molecule has 46 valence electrons. The van der Waals surface area contributed by atoms with Crippen molar-refractivity contribution in [3.05, 3.63) is 29.8 Å². The molecule has 0 radical (unpaired) electrons. The number of hydrogen-bond acceptors (Lipinski definition) is 1. The fourth-order valence-electron chi connectivity index (χ4n) is 0.778. The van der Waals surface area contributed by atoms with E-state index in [4.69, 9.17) is 5.11 Å². The van der Waals surface area contributed by atoms with E-state index in [1.807, 2.05) is 6.07 Å². The van der Waals surface area contributed by atoms with Gasteiger partial charge in [0, 0.05) is 0 Å². The summed E-state index contributed by atoms with van der Waals surface area (Å²) in [6.45, 7) is 0. The van der Waals surface area contributed by atoms with Gasteiger partial charge in [-0.3, -0.25) is 0 Å². The Kier molecular flexibility index (Phi) is 2.49. The van der Waals surface area contributed by atoms with Gasteiger partial charge in [-0.25, -0.2) is 0 Å². The standard InChI is InChI=1S/C7H5O2.Na/c8-7(9)6-4-2-1-3-5-6;/h1-2,4-5H,(H,8,9);. The first kappa shape index (κ1) is 7.79. The van der Waals surface area contributed by atoms with Crippen LogP contribution in [0.4, 0.5) is 0 Å². The van der Waals surface area contributed by atoms with Crippen molar-refractivity contribution in [2.45, 2.75) is 0 Å². The van der Waals surface area contributed by atoms with Crippen molar-refractivity contribution in [1.29, 1.82) is 0 Å². The zero-order valence-electron chi connectivity index (χ0n) is 5.66. The first-order chi connectivity index (χ1) is 4.70. The van der Waals surface area contributed by atoms with Crippen molar-refractivity contribution in [3.63, 3.8) is 0 Å². The summed E-state index contributed by atoms with van der Waals surface area (Å²) in [6.07, 6.45) is 0. The van der Waals surface area contributed by atoms with Gasteiger partial charge >= 0.3 is 76.4 Å². The third-order valence-electron chi connectivity index (χ3n) is 1.27. The molecule has 0 aliphatic rings. The SMILES string of the molecule is O=C(O)c1ccc[c]([Na])c1. The summed E-state index contributed by atoms with van der Waals surface area (Å²) in [7, 11) is 0. The molecule has 1 aromatic rings. The predicted molar refractivity (Wildman–Crippen MR) is 38.8 cm³/mol. The molecule has 0 heterocycles. The second kappa shape index (κ2) is 3.19. The van der Waals surface area contributed by atoms with Crippen molar-refractivity contribution in [1.82, 2.24) is 0 Å². The van der Waals surface area contributed by atoms with Crippen LogP contribution in [0.3, 0.4) is 0 Å². The van der Waals surface area contributed by atoms with E-state index >= 15 is 0 Å². The zero-order chi connectivity index (χ0) is 7.56. The van der Waals surface area contributed by atoms with Crippen LogP contribution in [0.25, 0.3) is 0 Å². The second-order valence-electron chi connectivity index (χ2n) is 2.17. The van der Waals surface area contributed by atoms with Gasteiger partial charge in [0.1, 0.15) is 0 Å². The van der Waals surface area contributed by atoms with Gasteiger partial charge in [0.2, 0.25) is 0 Å². The maximum absolute atomic E-state index is 10.4. The molecule has 0 aliphatic carbocycles. The Bertz CT molecular complexity index is 258. The predicted octanol–water partition coefficient (Wildman–Crippen LogP) is 0.179. The van der Waals surface area contributed by atoms with Gasteiger partial charge in [-0.05, 0) is 0 Å². The third kappa shape index (κ3) is 1.84. The normalized spacial score (nSPS) is 9.40. The molecule has 0 amide bonds. The molecule has 0 unspecified atom stereocenters. The minimum absolute atomic E-state index is 0.382. The van der Waals surface area contributed by atoms with Crippen molar-refractivity contribution in [3.8, 4) is 0 Å². The molecule has 10 heavy (non-hydrogen) atoms. The first-order valence-corrected chi connectivity index (χ1v) is 4.00. The van der Waals surface area contributed by atoms with E-state index in [1.54, 1.807) is 18.2 Å². The van der Waals surface area contributed by atoms with Crippen LogP contribution >= 0.6 is 0 Å². The molecular formula is C7H5NaO2. The fraction of sp³-hybridized carbons (Fsp3) is 0. The monoisotopic (exact) mass is 144 g/mol. The van der Waals surface area contributed by atoms with Gasteiger partial charge in [-0.2, -0.15) is 0 Å². The number of hydrogen-bond donors (Lipinski definition) is 1. The van der Waals surface area contributed by atoms with Crippen LogP contribution in [-0.2, 0) is 0 Å². The Morgan fingerprint density at radius 2 is 2.20 bits per heavy atom. The molecule has 0 saturated carbocycles. The number of carbonyl (C=O) groups is 1. The zero-order valence-corrected chi connectivity index (χ0v) is 7.66. The van der Waals surface area contributed by atoms with E-state index in [1.165, 1.54) is 0 Å². The van der Waals surface area contributed by atoms with Crippen LogP contribution < -0.4 is 2.81 Å². The van der Waals surface area contributed by atoms with Crippen molar-refractivity contribution in [2.24, 2.45) is 0 Å². The quantitative estimate of drug-likeness (QED) is 0.571. The average Bonchev–Trinajstić information content (AvgIpc) is 1.88. The molecule has 0 atom stereocenters. The van der Waals surface area contributed by atoms with E-state index in [-0.39, 0.29) is 0 Å². The topological polar surface area (TPSA) is 37.3 Å². The van der Waals surface area contributed by atoms with E-state index in [0.29, 0.717) is 5.56 Å². The molecule has 3 heteroatoms. The number of carboxylic acid groups (broad SMARTS) is 1.